The number of hydrogen-bond donors (Lipinski definition) is 1. The molecule has 0 aliphatic carbocycles. The van der Waals surface area contributed by atoms with E-state index in [1.807, 2.05) is 13.0 Å². The second kappa shape index (κ2) is 4.72. The smallest absolute Gasteiger partial charge is 0.270 e. The number of nitrogens with zero attached hydrogens (tertiary/aromatic N) is 3. The van der Waals surface area contributed by atoms with E-state index in [1.165, 1.54) is 6.07 Å². The quantitative estimate of drug-likeness (QED) is 0.669. The Bertz CT molecular complexity index is 687. The molecular weight excluding hydrogens is 258 g/mol. The molecule has 0 unspecified atom stereocenters. The van der Waals surface area contributed by atoms with Gasteiger partial charge in [0.2, 0.25) is 0 Å². The van der Waals surface area contributed by atoms with Crippen LogP contribution in [0.3, 0.4) is 0 Å². The lowest BCUT2D eigenvalue weighted by Crippen LogP contribution is -2.21. The lowest BCUT2D eigenvalue weighted by molar-refractivity contribution is -0.384. The number of rotatable bonds is 2. The predicted molar refractivity (Wildman–Crippen MR) is 76.0 cm³/mol. The van der Waals surface area contributed by atoms with Crippen LogP contribution in [0.4, 0.5) is 11.4 Å². The molecule has 1 saturated heterocycles. The fraction of sp³-hybridized carbons (Fsp3) is 0.357. The van der Waals surface area contributed by atoms with Crippen molar-refractivity contribution in [2.75, 3.05) is 18.0 Å². The molecule has 3 rings (SSSR count). The van der Waals surface area contributed by atoms with E-state index in [0.29, 0.717) is 6.54 Å². The second-order valence-electron chi connectivity index (χ2n) is 5.13. The third-order valence-corrected chi connectivity index (χ3v) is 3.61. The summed E-state index contributed by atoms with van der Waals surface area (Å²) in [6.07, 6.45) is 0.384. The summed E-state index contributed by atoms with van der Waals surface area (Å²) in [5, 5.41) is 21.4. The third kappa shape index (κ3) is 2.18. The summed E-state index contributed by atoms with van der Waals surface area (Å²) in [5.41, 5.74) is 2.58. The van der Waals surface area contributed by atoms with Crippen molar-refractivity contribution in [3.8, 4) is 0 Å². The molecule has 1 atom stereocenters. The zero-order chi connectivity index (χ0) is 14.3. The first-order valence-corrected chi connectivity index (χ1v) is 6.53. The maximum Gasteiger partial charge on any atom is 0.270 e. The van der Waals surface area contributed by atoms with Gasteiger partial charge in [0.1, 0.15) is 0 Å². The van der Waals surface area contributed by atoms with Gasteiger partial charge < -0.3 is 10.0 Å². The number of non-ortho nitro benzene ring substituents is 1. The Morgan fingerprint density at radius 3 is 2.90 bits per heavy atom. The van der Waals surface area contributed by atoms with Gasteiger partial charge in [-0.25, -0.2) is 0 Å². The number of aromatic nitrogens is 1. The Balaban J connectivity index is 2.18. The minimum absolute atomic E-state index is 0.0594. The maximum absolute atomic E-state index is 10.9. The summed E-state index contributed by atoms with van der Waals surface area (Å²) in [6.45, 7) is 3.21. The number of pyridine rings is 1. The molecule has 1 N–H and O–H groups in total. The minimum atomic E-state index is -0.401. The molecule has 2 aromatic rings. The highest BCUT2D eigenvalue weighted by atomic mass is 16.6. The van der Waals surface area contributed by atoms with Gasteiger partial charge in [-0.3, -0.25) is 15.1 Å². The maximum atomic E-state index is 10.9. The largest absolute Gasteiger partial charge is 0.391 e. The van der Waals surface area contributed by atoms with Crippen molar-refractivity contribution in [1.82, 2.24) is 4.98 Å². The summed E-state index contributed by atoms with van der Waals surface area (Å²) >= 11 is 0. The van der Waals surface area contributed by atoms with E-state index >= 15 is 0 Å². The molecule has 1 aliphatic rings. The molecule has 0 saturated carbocycles. The molecule has 2 heterocycles. The van der Waals surface area contributed by atoms with Crippen LogP contribution in [0.1, 0.15) is 12.1 Å². The number of β-amino-alcohol motifs (C(OH)–C–C–N with tert-alkyl or cyclic N) is 1. The van der Waals surface area contributed by atoms with Crippen LogP contribution in [0.15, 0.2) is 24.3 Å². The molecule has 0 spiro atoms. The van der Waals surface area contributed by atoms with Crippen molar-refractivity contribution in [2.24, 2.45) is 0 Å². The number of aliphatic hydroxyl groups excluding tert-OH is 1. The molecule has 1 aliphatic heterocycles. The summed E-state index contributed by atoms with van der Waals surface area (Å²) in [7, 11) is 0. The third-order valence-electron chi connectivity index (χ3n) is 3.61. The summed E-state index contributed by atoms with van der Waals surface area (Å²) in [5.74, 6) is 0. The topological polar surface area (TPSA) is 79.5 Å². The van der Waals surface area contributed by atoms with Crippen LogP contribution in [0.2, 0.25) is 0 Å². The zero-order valence-corrected chi connectivity index (χ0v) is 11.1. The van der Waals surface area contributed by atoms with Crippen molar-refractivity contribution < 1.29 is 10.0 Å². The molecule has 0 radical (unpaired) electrons. The fourth-order valence-corrected chi connectivity index (χ4v) is 2.66. The van der Waals surface area contributed by atoms with E-state index in [2.05, 4.69) is 9.88 Å². The van der Waals surface area contributed by atoms with E-state index < -0.39 is 4.92 Å². The highest BCUT2D eigenvalue weighted by molar-refractivity contribution is 5.93. The first-order valence-electron chi connectivity index (χ1n) is 6.53. The average Bonchev–Trinajstić information content (AvgIpc) is 2.83. The fourth-order valence-electron chi connectivity index (χ4n) is 2.66. The molecular formula is C14H15N3O3. The van der Waals surface area contributed by atoms with Gasteiger partial charge in [-0.05, 0) is 25.5 Å². The molecule has 1 aromatic carbocycles. The molecule has 6 heteroatoms. The Labute approximate surface area is 115 Å². The molecule has 1 fully saturated rings. The lowest BCUT2D eigenvalue weighted by atomic mass is 10.1. The van der Waals surface area contributed by atoms with Crippen molar-refractivity contribution in [1.29, 1.82) is 0 Å². The Hall–Kier alpha value is -2.21. The summed E-state index contributed by atoms with van der Waals surface area (Å²) in [4.78, 5) is 17.0. The zero-order valence-electron chi connectivity index (χ0n) is 11.1. The number of fused-ring (bicyclic) bond motifs is 1. The number of nitro groups is 1. The van der Waals surface area contributed by atoms with Crippen LogP contribution in [-0.2, 0) is 0 Å². The first-order chi connectivity index (χ1) is 9.54. The van der Waals surface area contributed by atoms with Crippen LogP contribution in [0.5, 0.6) is 0 Å². The number of aryl methyl sites for hydroxylation is 1. The molecule has 6 nitrogen and oxygen atoms in total. The minimum Gasteiger partial charge on any atom is -0.391 e. The van der Waals surface area contributed by atoms with Crippen LogP contribution >= 0.6 is 0 Å². The highest BCUT2D eigenvalue weighted by Gasteiger charge is 2.23. The number of nitro benzene ring substituents is 1. The number of benzene rings is 1. The van der Waals surface area contributed by atoms with E-state index in [-0.39, 0.29) is 11.8 Å². The van der Waals surface area contributed by atoms with E-state index in [9.17, 15) is 15.2 Å². The van der Waals surface area contributed by atoms with Crippen LogP contribution in [0.25, 0.3) is 10.9 Å². The Kier molecular flexibility index (Phi) is 3.02. The van der Waals surface area contributed by atoms with Gasteiger partial charge in [0.05, 0.1) is 16.5 Å². The molecule has 0 bridgehead atoms. The van der Waals surface area contributed by atoms with Crippen molar-refractivity contribution >= 4 is 22.3 Å². The van der Waals surface area contributed by atoms with Gasteiger partial charge in [-0.2, -0.15) is 0 Å². The van der Waals surface area contributed by atoms with Gasteiger partial charge in [0, 0.05) is 42.0 Å². The van der Waals surface area contributed by atoms with Crippen LogP contribution in [-0.4, -0.2) is 34.2 Å². The van der Waals surface area contributed by atoms with Gasteiger partial charge in [0.15, 0.2) is 0 Å². The lowest BCUT2D eigenvalue weighted by Gasteiger charge is -2.20. The van der Waals surface area contributed by atoms with Gasteiger partial charge >= 0.3 is 0 Å². The highest BCUT2D eigenvalue weighted by Crippen LogP contribution is 2.31. The van der Waals surface area contributed by atoms with Crippen LogP contribution in [0, 0.1) is 17.0 Å². The summed E-state index contributed by atoms with van der Waals surface area (Å²) < 4.78 is 0. The predicted octanol–water partition coefficient (Wildman–Crippen LogP) is 2.02. The number of anilines is 1. The Morgan fingerprint density at radius 1 is 1.45 bits per heavy atom. The van der Waals surface area contributed by atoms with Crippen molar-refractivity contribution in [3.05, 3.63) is 40.1 Å². The molecule has 1 aromatic heterocycles. The number of hydrogen-bond acceptors (Lipinski definition) is 5. The van der Waals surface area contributed by atoms with E-state index in [0.717, 1.165) is 35.2 Å². The summed E-state index contributed by atoms with van der Waals surface area (Å²) in [6, 6.07) is 6.62. The Morgan fingerprint density at radius 2 is 2.25 bits per heavy atom. The molecule has 104 valence electrons. The van der Waals surface area contributed by atoms with Gasteiger partial charge in [0.25, 0.3) is 5.69 Å². The average molecular weight is 273 g/mol. The number of aliphatic hydroxyl groups is 1. The second-order valence-corrected chi connectivity index (χ2v) is 5.13. The standard InChI is InChI=1S/C14H15N3O3/c1-9-6-14(16-5-4-11(18)8-16)12-7-10(17(19)20)2-3-13(12)15-9/h2-3,6-7,11,18H,4-5,8H2,1H3/t11-/m1/s1. The van der Waals surface area contributed by atoms with Gasteiger partial charge in [-0.1, -0.05) is 0 Å². The monoisotopic (exact) mass is 273 g/mol. The van der Waals surface area contributed by atoms with E-state index in [1.54, 1.807) is 12.1 Å². The normalized spacial score (nSPS) is 18.7. The molecule has 0 amide bonds. The van der Waals surface area contributed by atoms with Crippen molar-refractivity contribution in [2.45, 2.75) is 19.4 Å². The van der Waals surface area contributed by atoms with Crippen molar-refractivity contribution in [3.63, 3.8) is 0 Å². The SMILES string of the molecule is Cc1cc(N2CC[C@@H](O)C2)c2cc([N+](=O)[O-])ccc2n1. The van der Waals surface area contributed by atoms with E-state index in [4.69, 9.17) is 0 Å². The van der Waals surface area contributed by atoms with Gasteiger partial charge in [-0.15, -0.1) is 0 Å². The molecule has 20 heavy (non-hydrogen) atoms. The first kappa shape index (κ1) is 12.8. The van der Waals surface area contributed by atoms with Crippen LogP contribution < -0.4 is 4.90 Å².